The summed E-state index contributed by atoms with van der Waals surface area (Å²) >= 11 is 5.08. The number of thiazole rings is 1. The van der Waals surface area contributed by atoms with Crippen LogP contribution in [0, 0.1) is 12.8 Å². The lowest BCUT2D eigenvalue weighted by atomic mass is 10.1. The molecule has 1 fully saturated rings. The van der Waals surface area contributed by atoms with E-state index in [1.165, 1.54) is 25.6 Å². The predicted octanol–water partition coefficient (Wildman–Crippen LogP) is 5.62. The Bertz CT molecular complexity index is 972. The summed E-state index contributed by atoms with van der Waals surface area (Å²) in [6, 6.07) is 10.4. The molecule has 0 amide bonds. The molecular weight excluding hydrogens is 412 g/mol. The third kappa shape index (κ3) is 3.48. The highest BCUT2D eigenvalue weighted by molar-refractivity contribution is 9.10. The van der Waals surface area contributed by atoms with E-state index in [4.69, 9.17) is 4.74 Å². The Kier molecular flexibility index (Phi) is 4.71. The number of carbonyl (C=O) groups is 1. The lowest BCUT2D eigenvalue weighted by Crippen LogP contribution is -2.03. The summed E-state index contributed by atoms with van der Waals surface area (Å²) in [4.78, 5) is 21.0. The molecule has 134 valence electrons. The standard InChI is InChI=1S/C20H19BrN2O2S/c1-11-18(20(24)25-2)23-19(26-11)15-10-16(13-4-3-5-14(21)9-13)22-17(15)8-12-6-7-12/h3-5,9-10,12,22H,6-8H2,1-2H3. The second kappa shape index (κ2) is 7.00. The largest absolute Gasteiger partial charge is 0.464 e. The molecule has 1 aliphatic carbocycles. The highest BCUT2D eigenvalue weighted by Crippen LogP contribution is 2.39. The Hall–Kier alpha value is -1.92. The number of hydrogen-bond donors (Lipinski definition) is 1. The zero-order chi connectivity index (χ0) is 18.3. The van der Waals surface area contributed by atoms with E-state index in [1.807, 2.05) is 19.1 Å². The van der Waals surface area contributed by atoms with Gasteiger partial charge in [0.25, 0.3) is 0 Å². The van der Waals surface area contributed by atoms with Gasteiger partial charge in [0, 0.05) is 26.3 Å². The Morgan fingerprint density at radius 2 is 2.19 bits per heavy atom. The Balaban J connectivity index is 1.78. The predicted molar refractivity (Wildman–Crippen MR) is 108 cm³/mol. The number of nitrogens with zero attached hydrogens (tertiary/aromatic N) is 1. The van der Waals surface area contributed by atoms with Crippen LogP contribution in [0.5, 0.6) is 0 Å². The van der Waals surface area contributed by atoms with Crippen molar-refractivity contribution in [2.75, 3.05) is 7.11 Å². The van der Waals surface area contributed by atoms with E-state index in [1.54, 1.807) is 11.3 Å². The maximum atomic E-state index is 11.9. The van der Waals surface area contributed by atoms with Crippen LogP contribution in [0.15, 0.2) is 34.8 Å². The van der Waals surface area contributed by atoms with Crippen molar-refractivity contribution >= 4 is 33.2 Å². The maximum Gasteiger partial charge on any atom is 0.357 e. The number of H-pyrrole nitrogens is 1. The van der Waals surface area contributed by atoms with Crippen molar-refractivity contribution in [1.29, 1.82) is 0 Å². The molecule has 6 heteroatoms. The second-order valence-electron chi connectivity index (χ2n) is 6.65. The third-order valence-electron chi connectivity index (χ3n) is 4.63. The van der Waals surface area contributed by atoms with Gasteiger partial charge < -0.3 is 9.72 Å². The molecule has 0 bridgehead atoms. The summed E-state index contributed by atoms with van der Waals surface area (Å²) in [5.41, 5.74) is 4.91. The van der Waals surface area contributed by atoms with Gasteiger partial charge in [-0.1, -0.05) is 28.1 Å². The van der Waals surface area contributed by atoms with Gasteiger partial charge in [-0.15, -0.1) is 11.3 Å². The van der Waals surface area contributed by atoms with Gasteiger partial charge in [0.1, 0.15) is 5.01 Å². The number of nitrogens with one attached hydrogen (secondary N) is 1. The van der Waals surface area contributed by atoms with Crippen LogP contribution in [0.25, 0.3) is 21.8 Å². The number of benzene rings is 1. The van der Waals surface area contributed by atoms with E-state index >= 15 is 0 Å². The first-order valence-electron chi connectivity index (χ1n) is 8.59. The first kappa shape index (κ1) is 17.5. The van der Waals surface area contributed by atoms with Crippen LogP contribution < -0.4 is 0 Å². The highest BCUT2D eigenvalue weighted by Gasteiger charge is 2.26. The average Bonchev–Trinajstić information content (AvgIpc) is 3.21. The molecule has 4 nitrogen and oxygen atoms in total. The Labute approximate surface area is 164 Å². The number of hydrogen-bond acceptors (Lipinski definition) is 4. The van der Waals surface area contributed by atoms with Crippen LogP contribution >= 0.6 is 27.3 Å². The lowest BCUT2D eigenvalue weighted by molar-refractivity contribution is 0.0594. The first-order valence-corrected chi connectivity index (χ1v) is 10.2. The number of rotatable bonds is 5. The van der Waals surface area contributed by atoms with Gasteiger partial charge in [0.15, 0.2) is 5.69 Å². The number of aromatic nitrogens is 2. The van der Waals surface area contributed by atoms with E-state index < -0.39 is 0 Å². The smallest absolute Gasteiger partial charge is 0.357 e. The van der Waals surface area contributed by atoms with Crippen LogP contribution in [-0.4, -0.2) is 23.0 Å². The molecule has 0 aliphatic heterocycles. The fraction of sp³-hybridized carbons (Fsp3) is 0.300. The first-order chi connectivity index (χ1) is 12.5. The normalized spacial score (nSPS) is 13.8. The van der Waals surface area contributed by atoms with Crippen molar-refractivity contribution < 1.29 is 9.53 Å². The van der Waals surface area contributed by atoms with Gasteiger partial charge in [-0.05, 0) is 55.9 Å². The van der Waals surface area contributed by atoms with Crippen molar-refractivity contribution in [1.82, 2.24) is 9.97 Å². The number of methoxy groups -OCH3 is 1. The molecular formula is C20H19BrN2O2S. The number of halogens is 1. The molecule has 4 rings (SSSR count). The van der Waals surface area contributed by atoms with Crippen molar-refractivity contribution in [2.24, 2.45) is 5.92 Å². The maximum absolute atomic E-state index is 11.9. The van der Waals surface area contributed by atoms with Crippen LogP contribution in [-0.2, 0) is 11.2 Å². The molecule has 0 unspecified atom stereocenters. The summed E-state index contributed by atoms with van der Waals surface area (Å²) in [5, 5.41) is 0.871. The zero-order valence-electron chi connectivity index (χ0n) is 14.6. The minimum absolute atomic E-state index is 0.378. The van der Waals surface area contributed by atoms with Crippen molar-refractivity contribution in [3.63, 3.8) is 0 Å². The minimum atomic E-state index is -0.378. The number of ether oxygens (including phenoxy) is 1. The van der Waals surface area contributed by atoms with Crippen LogP contribution in [0.3, 0.4) is 0 Å². The topological polar surface area (TPSA) is 55.0 Å². The highest BCUT2D eigenvalue weighted by atomic mass is 79.9. The summed E-state index contributed by atoms with van der Waals surface area (Å²) in [6.45, 7) is 1.91. The lowest BCUT2D eigenvalue weighted by Gasteiger charge is -2.00. The monoisotopic (exact) mass is 430 g/mol. The number of aryl methyl sites for hydroxylation is 1. The molecule has 26 heavy (non-hydrogen) atoms. The minimum Gasteiger partial charge on any atom is -0.464 e. The molecule has 0 spiro atoms. The Morgan fingerprint density at radius 3 is 2.88 bits per heavy atom. The molecule has 1 aromatic carbocycles. The van der Waals surface area contributed by atoms with E-state index in [9.17, 15) is 4.79 Å². The summed E-state index contributed by atoms with van der Waals surface area (Å²) < 4.78 is 5.90. The second-order valence-corrected chi connectivity index (χ2v) is 8.77. The molecule has 0 radical (unpaired) electrons. The SMILES string of the molecule is COC(=O)c1nc(-c2cc(-c3cccc(Br)c3)[nH]c2CC2CC2)sc1C. The zero-order valence-corrected chi connectivity index (χ0v) is 17.0. The Morgan fingerprint density at radius 1 is 1.38 bits per heavy atom. The van der Waals surface area contributed by atoms with Crippen LogP contribution in [0.1, 0.15) is 33.9 Å². The summed E-state index contributed by atoms with van der Waals surface area (Å²) in [6.07, 6.45) is 3.60. The van der Waals surface area contributed by atoms with Crippen molar-refractivity contribution in [3.8, 4) is 21.8 Å². The molecule has 2 heterocycles. The summed E-state index contributed by atoms with van der Waals surface area (Å²) in [7, 11) is 1.39. The number of aromatic amines is 1. The molecule has 2 aromatic heterocycles. The van der Waals surface area contributed by atoms with Gasteiger partial charge in [-0.3, -0.25) is 0 Å². The van der Waals surface area contributed by atoms with E-state index in [0.29, 0.717) is 5.69 Å². The molecule has 3 aromatic rings. The van der Waals surface area contributed by atoms with Gasteiger partial charge in [-0.2, -0.15) is 0 Å². The van der Waals surface area contributed by atoms with Gasteiger partial charge >= 0.3 is 5.97 Å². The quantitative estimate of drug-likeness (QED) is 0.534. The van der Waals surface area contributed by atoms with Gasteiger partial charge in [0.05, 0.1) is 7.11 Å². The molecule has 1 aliphatic rings. The number of esters is 1. The molecule has 1 N–H and O–H groups in total. The summed E-state index contributed by atoms with van der Waals surface area (Å²) in [5.74, 6) is 0.375. The van der Waals surface area contributed by atoms with E-state index in [-0.39, 0.29) is 5.97 Å². The van der Waals surface area contributed by atoms with Gasteiger partial charge in [-0.25, -0.2) is 9.78 Å². The fourth-order valence-corrected chi connectivity index (χ4v) is 4.41. The average molecular weight is 431 g/mol. The molecule has 0 atom stereocenters. The van der Waals surface area contributed by atoms with E-state index in [0.717, 1.165) is 43.5 Å². The van der Waals surface area contributed by atoms with Crippen molar-refractivity contribution in [3.05, 3.63) is 51.1 Å². The van der Waals surface area contributed by atoms with Crippen LogP contribution in [0.4, 0.5) is 0 Å². The van der Waals surface area contributed by atoms with Crippen LogP contribution in [0.2, 0.25) is 0 Å². The van der Waals surface area contributed by atoms with Gasteiger partial charge in [0.2, 0.25) is 0 Å². The van der Waals surface area contributed by atoms with Crippen molar-refractivity contribution in [2.45, 2.75) is 26.2 Å². The molecule has 1 saturated carbocycles. The molecule has 0 saturated heterocycles. The number of carbonyl (C=O) groups excluding carboxylic acids is 1. The third-order valence-corrected chi connectivity index (χ3v) is 6.13. The van der Waals surface area contributed by atoms with E-state index in [2.05, 4.69) is 44.1 Å². The fourth-order valence-electron chi connectivity index (χ4n) is 3.07.